The van der Waals surface area contributed by atoms with E-state index in [0.29, 0.717) is 23.7 Å². The normalized spacial score (nSPS) is 33.2. The van der Waals surface area contributed by atoms with Crippen LogP contribution in [-0.4, -0.2) is 30.2 Å². The molecule has 0 amide bonds. The largest absolute Gasteiger partial charge is 0.393 e. The lowest BCUT2D eigenvalue weighted by Crippen LogP contribution is -2.52. The number of hydrogen-bond acceptors (Lipinski definition) is 5. The van der Waals surface area contributed by atoms with Crippen LogP contribution in [0.3, 0.4) is 0 Å². The molecule has 6 unspecified atom stereocenters. The third-order valence-corrected chi connectivity index (χ3v) is 12.3. The Morgan fingerprint density at radius 2 is 1.57 bits per heavy atom. The Kier molecular flexibility index (Phi) is 8.88. The number of benzene rings is 2. The predicted molar refractivity (Wildman–Crippen MR) is 185 cm³/mol. The van der Waals surface area contributed by atoms with Gasteiger partial charge in [-0.3, -0.25) is 0 Å². The SMILES string of the molecule is CCC=C(NCc1ccccc1)NCc1ccc(C2CC3(C)C(O)CCC3C3CCC4CC5(CCC4=C23)OCC(C)(C)CO5)cc1. The Hall–Kier alpha value is -2.60. The second-order valence-corrected chi connectivity index (χ2v) is 16.1. The molecule has 3 saturated carbocycles. The lowest BCUT2D eigenvalue weighted by atomic mass is 9.52. The first-order valence-corrected chi connectivity index (χ1v) is 18.2. The van der Waals surface area contributed by atoms with Gasteiger partial charge in [-0.1, -0.05) is 93.4 Å². The van der Waals surface area contributed by atoms with Crippen LogP contribution in [0.25, 0.3) is 0 Å². The second-order valence-electron chi connectivity index (χ2n) is 16.1. The second kappa shape index (κ2) is 12.8. The summed E-state index contributed by atoms with van der Waals surface area (Å²) in [6.45, 7) is 12.2. The summed E-state index contributed by atoms with van der Waals surface area (Å²) in [5.74, 6) is 2.81. The van der Waals surface area contributed by atoms with E-state index in [0.717, 1.165) is 77.1 Å². The molecule has 5 aliphatic rings. The molecule has 4 aliphatic carbocycles. The number of hydrogen-bond donors (Lipinski definition) is 3. The van der Waals surface area contributed by atoms with E-state index in [4.69, 9.17) is 9.47 Å². The average molecular weight is 625 g/mol. The molecular weight excluding hydrogens is 568 g/mol. The van der Waals surface area contributed by atoms with E-state index < -0.39 is 5.79 Å². The van der Waals surface area contributed by atoms with E-state index in [2.05, 4.69) is 99.0 Å². The summed E-state index contributed by atoms with van der Waals surface area (Å²) in [4.78, 5) is 0. The highest BCUT2D eigenvalue weighted by Crippen LogP contribution is 2.65. The molecule has 1 aliphatic heterocycles. The molecule has 1 saturated heterocycles. The van der Waals surface area contributed by atoms with Crippen molar-refractivity contribution in [2.45, 2.75) is 116 Å². The Bertz CT molecular complexity index is 1420. The van der Waals surface area contributed by atoms with Crippen LogP contribution in [0.15, 0.2) is 77.6 Å². The van der Waals surface area contributed by atoms with Crippen LogP contribution in [-0.2, 0) is 22.6 Å². The summed E-state index contributed by atoms with van der Waals surface area (Å²) in [6, 6.07) is 20.0. The molecule has 46 heavy (non-hydrogen) atoms. The highest BCUT2D eigenvalue weighted by atomic mass is 16.7. The van der Waals surface area contributed by atoms with Gasteiger partial charge >= 0.3 is 0 Å². The molecular formula is C41H56N2O3. The lowest BCUT2D eigenvalue weighted by Gasteiger charge is -2.55. The van der Waals surface area contributed by atoms with Gasteiger partial charge in [0, 0.05) is 37.3 Å². The van der Waals surface area contributed by atoms with Crippen molar-refractivity contribution in [3.8, 4) is 0 Å². The first-order chi connectivity index (χ1) is 22.2. The van der Waals surface area contributed by atoms with Crippen molar-refractivity contribution >= 4 is 0 Å². The Balaban J connectivity index is 1.10. The van der Waals surface area contributed by atoms with Crippen LogP contribution in [0.1, 0.15) is 108 Å². The molecule has 0 radical (unpaired) electrons. The lowest BCUT2D eigenvalue weighted by molar-refractivity contribution is -0.312. The number of fused-ring (bicyclic) bond motifs is 4. The molecule has 2 aromatic carbocycles. The molecule has 7 rings (SSSR count). The van der Waals surface area contributed by atoms with Gasteiger partial charge in [-0.2, -0.15) is 0 Å². The number of nitrogens with one attached hydrogen (secondary N) is 2. The van der Waals surface area contributed by atoms with Crippen molar-refractivity contribution in [1.82, 2.24) is 10.6 Å². The third-order valence-electron chi connectivity index (χ3n) is 12.3. The quantitative estimate of drug-likeness (QED) is 0.258. The van der Waals surface area contributed by atoms with Crippen LogP contribution >= 0.6 is 0 Å². The zero-order valence-electron chi connectivity index (χ0n) is 28.6. The third kappa shape index (κ3) is 6.20. The summed E-state index contributed by atoms with van der Waals surface area (Å²) in [6.07, 6.45) is 11.7. The number of allylic oxidation sites excluding steroid dienone is 3. The van der Waals surface area contributed by atoms with E-state index >= 15 is 0 Å². The van der Waals surface area contributed by atoms with Gasteiger partial charge in [0.25, 0.3) is 0 Å². The van der Waals surface area contributed by atoms with Gasteiger partial charge < -0.3 is 25.2 Å². The number of ether oxygens (including phenoxy) is 2. The summed E-state index contributed by atoms with van der Waals surface area (Å²) in [7, 11) is 0. The smallest absolute Gasteiger partial charge is 0.169 e. The van der Waals surface area contributed by atoms with Gasteiger partial charge in [0.1, 0.15) is 0 Å². The topological polar surface area (TPSA) is 62.8 Å². The van der Waals surface area contributed by atoms with Crippen LogP contribution in [0.5, 0.6) is 0 Å². The Labute approximate surface area is 277 Å². The fourth-order valence-electron chi connectivity index (χ4n) is 9.77. The van der Waals surface area contributed by atoms with Gasteiger partial charge in [-0.25, -0.2) is 0 Å². The van der Waals surface area contributed by atoms with E-state index in [-0.39, 0.29) is 16.9 Å². The van der Waals surface area contributed by atoms with Gasteiger partial charge in [0.05, 0.1) is 25.1 Å². The Morgan fingerprint density at radius 3 is 2.26 bits per heavy atom. The molecule has 248 valence electrons. The van der Waals surface area contributed by atoms with Gasteiger partial charge in [0.15, 0.2) is 5.79 Å². The van der Waals surface area contributed by atoms with Gasteiger partial charge in [-0.15, -0.1) is 0 Å². The van der Waals surface area contributed by atoms with Crippen LogP contribution in [0, 0.1) is 28.6 Å². The summed E-state index contributed by atoms with van der Waals surface area (Å²) in [5, 5.41) is 18.6. The fourth-order valence-corrected chi connectivity index (χ4v) is 9.77. The molecule has 6 atom stereocenters. The summed E-state index contributed by atoms with van der Waals surface area (Å²) in [5.41, 5.74) is 7.54. The standard InChI is InChI=1S/C41H56N2O3/c1-5-9-37(42-24-28-10-7-6-8-11-28)43-25-29-12-14-30(15-13-29)34-23-40(4)35(18-19-36(40)44)33-17-16-31-22-41(21-20-32(31)38(33)34)45-26-39(2,3)27-46-41/h6-15,31,33-36,42-44H,5,16-27H2,1-4H3. The monoisotopic (exact) mass is 624 g/mol. The summed E-state index contributed by atoms with van der Waals surface area (Å²) < 4.78 is 13.1. The van der Waals surface area contributed by atoms with Gasteiger partial charge in [-0.05, 0) is 90.9 Å². The van der Waals surface area contributed by atoms with Crippen molar-refractivity contribution < 1.29 is 14.6 Å². The predicted octanol–water partition coefficient (Wildman–Crippen LogP) is 8.36. The maximum Gasteiger partial charge on any atom is 0.169 e. The van der Waals surface area contributed by atoms with Gasteiger partial charge in [0.2, 0.25) is 0 Å². The maximum absolute atomic E-state index is 11.3. The average Bonchev–Trinajstić information content (AvgIpc) is 3.37. The fraction of sp³-hybridized carbons (Fsp3) is 0.610. The molecule has 3 N–H and O–H groups in total. The number of aliphatic hydroxyl groups excluding tert-OH is 1. The van der Waals surface area contributed by atoms with Crippen LogP contribution < -0.4 is 10.6 Å². The minimum atomic E-state index is -0.394. The van der Waals surface area contributed by atoms with Crippen molar-refractivity contribution in [2.24, 2.45) is 28.6 Å². The highest BCUT2D eigenvalue weighted by molar-refractivity contribution is 5.41. The maximum atomic E-state index is 11.3. The van der Waals surface area contributed by atoms with Crippen molar-refractivity contribution in [1.29, 1.82) is 0 Å². The Morgan fingerprint density at radius 1 is 0.870 bits per heavy atom. The minimum Gasteiger partial charge on any atom is -0.393 e. The molecule has 1 spiro atoms. The van der Waals surface area contributed by atoms with Crippen molar-refractivity contribution in [3.05, 3.63) is 94.3 Å². The minimum absolute atomic E-state index is 0.00616. The molecule has 5 nitrogen and oxygen atoms in total. The highest BCUT2D eigenvalue weighted by Gasteiger charge is 2.57. The molecule has 0 aromatic heterocycles. The van der Waals surface area contributed by atoms with Crippen LogP contribution in [0.2, 0.25) is 0 Å². The van der Waals surface area contributed by atoms with Crippen LogP contribution in [0.4, 0.5) is 0 Å². The molecule has 5 heteroatoms. The zero-order valence-corrected chi connectivity index (χ0v) is 28.6. The first-order valence-electron chi connectivity index (χ1n) is 18.2. The summed E-state index contributed by atoms with van der Waals surface area (Å²) >= 11 is 0. The molecule has 4 fully saturated rings. The molecule has 0 bridgehead atoms. The van der Waals surface area contributed by atoms with E-state index in [1.807, 2.05) is 0 Å². The van der Waals surface area contributed by atoms with E-state index in [1.165, 1.54) is 29.5 Å². The number of rotatable bonds is 8. The van der Waals surface area contributed by atoms with E-state index in [9.17, 15) is 5.11 Å². The number of aliphatic hydroxyl groups is 1. The van der Waals surface area contributed by atoms with Crippen molar-refractivity contribution in [2.75, 3.05) is 13.2 Å². The first kappa shape index (κ1) is 32.0. The van der Waals surface area contributed by atoms with Crippen molar-refractivity contribution in [3.63, 3.8) is 0 Å². The van der Waals surface area contributed by atoms with E-state index in [1.54, 1.807) is 11.1 Å². The zero-order chi connectivity index (χ0) is 31.9. The molecule has 2 aromatic rings. The molecule has 1 heterocycles.